The van der Waals surface area contributed by atoms with Gasteiger partial charge in [-0.15, -0.1) is 0 Å². The smallest absolute Gasteiger partial charge is 0.223 e. The molecule has 1 aliphatic rings. The van der Waals surface area contributed by atoms with Gasteiger partial charge in [-0.05, 0) is 33.1 Å². The summed E-state index contributed by atoms with van der Waals surface area (Å²) in [7, 11) is 0. The van der Waals surface area contributed by atoms with Gasteiger partial charge in [-0.25, -0.2) is 0 Å². The van der Waals surface area contributed by atoms with Crippen molar-refractivity contribution in [3.63, 3.8) is 0 Å². The fourth-order valence-corrected chi connectivity index (χ4v) is 1.18. The van der Waals surface area contributed by atoms with Crippen LogP contribution in [0.25, 0.3) is 0 Å². The average molecular weight is 185 g/mol. The highest BCUT2D eigenvalue weighted by Crippen LogP contribution is 2.37. The van der Waals surface area contributed by atoms with E-state index in [1.54, 1.807) is 13.8 Å². The molecule has 1 fully saturated rings. The van der Waals surface area contributed by atoms with E-state index in [9.17, 15) is 9.90 Å². The van der Waals surface area contributed by atoms with Gasteiger partial charge < -0.3 is 10.4 Å². The number of aliphatic hydroxyl groups is 1. The van der Waals surface area contributed by atoms with Crippen molar-refractivity contribution in [1.29, 1.82) is 0 Å². The molecular formula is C10H19NO2. The van der Waals surface area contributed by atoms with Crippen molar-refractivity contribution in [2.45, 2.75) is 45.8 Å². The Labute approximate surface area is 79.5 Å². The second-order valence-electron chi connectivity index (χ2n) is 4.70. The molecule has 0 saturated heterocycles. The van der Waals surface area contributed by atoms with Crippen LogP contribution >= 0.6 is 0 Å². The van der Waals surface area contributed by atoms with Crippen molar-refractivity contribution in [3.05, 3.63) is 0 Å². The minimum atomic E-state index is -0.839. The Balaban J connectivity index is 2.36. The lowest BCUT2D eigenvalue weighted by molar-refractivity contribution is -0.124. The quantitative estimate of drug-likeness (QED) is 0.687. The zero-order valence-corrected chi connectivity index (χ0v) is 8.79. The Morgan fingerprint density at radius 1 is 1.62 bits per heavy atom. The van der Waals surface area contributed by atoms with Gasteiger partial charge in [0.1, 0.15) is 0 Å². The van der Waals surface area contributed by atoms with Gasteiger partial charge in [0.05, 0.1) is 11.6 Å². The third-order valence-corrected chi connectivity index (χ3v) is 2.86. The van der Waals surface area contributed by atoms with E-state index in [-0.39, 0.29) is 17.9 Å². The summed E-state index contributed by atoms with van der Waals surface area (Å²) in [5.74, 6) is 0.793. The molecule has 76 valence electrons. The number of hydrogen-bond donors (Lipinski definition) is 2. The van der Waals surface area contributed by atoms with Crippen molar-refractivity contribution in [1.82, 2.24) is 5.32 Å². The Morgan fingerprint density at radius 2 is 2.08 bits per heavy atom. The van der Waals surface area contributed by atoms with Gasteiger partial charge in [-0.2, -0.15) is 0 Å². The lowest BCUT2D eigenvalue weighted by Gasteiger charge is -2.26. The highest BCUT2D eigenvalue weighted by atomic mass is 16.3. The van der Waals surface area contributed by atoms with Gasteiger partial charge in [0.25, 0.3) is 0 Å². The van der Waals surface area contributed by atoms with Crippen LogP contribution in [0.1, 0.15) is 34.1 Å². The molecule has 0 spiro atoms. The van der Waals surface area contributed by atoms with E-state index in [0.717, 1.165) is 6.42 Å². The first-order valence-corrected chi connectivity index (χ1v) is 4.85. The summed E-state index contributed by atoms with van der Waals surface area (Å²) in [4.78, 5) is 11.5. The molecule has 3 nitrogen and oxygen atoms in total. The average Bonchev–Trinajstić information content (AvgIpc) is 2.64. The second kappa shape index (κ2) is 3.29. The highest BCUT2D eigenvalue weighted by Gasteiger charge is 2.40. The van der Waals surface area contributed by atoms with Crippen LogP contribution in [0.5, 0.6) is 0 Å². The molecule has 0 bridgehead atoms. The summed E-state index contributed by atoms with van der Waals surface area (Å²) in [5.41, 5.74) is -0.839. The Kier molecular flexibility index (Phi) is 2.66. The van der Waals surface area contributed by atoms with Crippen LogP contribution in [0.4, 0.5) is 0 Å². The van der Waals surface area contributed by atoms with Crippen molar-refractivity contribution in [3.8, 4) is 0 Å². The van der Waals surface area contributed by atoms with Crippen LogP contribution in [0.2, 0.25) is 0 Å². The van der Waals surface area contributed by atoms with Crippen LogP contribution in [-0.2, 0) is 4.79 Å². The molecular weight excluding hydrogens is 166 g/mol. The zero-order chi connectivity index (χ0) is 10.2. The van der Waals surface area contributed by atoms with Gasteiger partial charge in [0, 0.05) is 5.92 Å². The van der Waals surface area contributed by atoms with E-state index in [1.807, 2.05) is 6.92 Å². The maximum absolute atomic E-state index is 11.5. The maximum Gasteiger partial charge on any atom is 0.223 e. The van der Waals surface area contributed by atoms with Gasteiger partial charge >= 0.3 is 0 Å². The molecule has 0 aromatic heterocycles. The van der Waals surface area contributed by atoms with E-state index in [2.05, 4.69) is 12.2 Å². The second-order valence-corrected chi connectivity index (χ2v) is 4.70. The predicted octanol–water partition coefficient (Wildman–Crippen LogP) is 0.918. The van der Waals surface area contributed by atoms with Crippen LogP contribution in [-0.4, -0.2) is 22.7 Å². The number of carbonyl (C=O) groups is 1. The van der Waals surface area contributed by atoms with Gasteiger partial charge in [0.2, 0.25) is 5.91 Å². The molecule has 0 aromatic carbocycles. The Morgan fingerprint density at radius 3 is 2.38 bits per heavy atom. The van der Waals surface area contributed by atoms with Crippen LogP contribution in [0.3, 0.4) is 0 Å². The van der Waals surface area contributed by atoms with Crippen LogP contribution in [0, 0.1) is 11.8 Å². The molecule has 3 heteroatoms. The standard InChI is InChI=1S/C10H19NO2/c1-6-5-8(6)9(12)11-7(2)10(3,4)13/h6-8,13H,5H2,1-4H3,(H,11,12). The number of carbonyl (C=O) groups excluding carboxylic acids is 1. The van der Waals surface area contributed by atoms with Gasteiger partial charge in [-0.3, -0.25) is 4.79 Å². The fourth-order valence-electron chi connectivity index (χ4n) is 1.18. The molecule has 1 amide bonds. The topological polar surface area (TPSA) is 49.3 Å². The summed E-state index contributed by atoms with van der Waals surface area (Å²) in [6.45, 7) is 7.30. The summed E-state index contributed by atoms with van der Waals surface area (Å²) in [5, 5.41) is 12.4. The molecule has 13 heavy (non-hydrogen) atoms. The van der Waals surface area contributed by atoms with Crippen LogP contribution in [0.15, 0.2) is 0 Å². The molecule has 0 aliphatic heterocycles. The zero-order valence-electron chi connectivity index (χ0n) is 8.79. The van der Waals surface area contributed by atoms with Crippen molar-refractivity contribution in [2.75, 3.05) is 0 Å². The Bertz CT molecular complexity index is 207. The number of hydrogen-bond acceptors (Lipinski definition) is 2. The Hall–Kier alpha value is -0.570. The van der Waals surface area contributed by atoms with Crippen LogP contribution < -0.4 is 5.32 Å². The molecule has 3 atom stereocenters. The van der Waals surface area contributed by atoms with Crippen molar-refractivity contribution < 1.29 is 9.90 Å². The van der Waals surface area contributed by atoms with E-state index >= 15 is 0 Å². The minimum Gasteiger partial charge on any atom is -0.388 e. The van der Waals surface area contributed by atoms with Crippen molar-refractivity contribution >= 4 is 5.91 Å². The first kappa shape index (κ1) is 10.5. The van der Waals surface area contributed by atoms with E-state index in [4.69, 9.17) is 0 Å². The first-order chi connectivity index (χ1) is 5.82. The fraction of sp³-hybridized carbons (Fsp3) is 0.900. The normalized spacial score (nSPS) is 29.6. The third-order valence-electron chi connectivity index (χ3n) is 2.86. The summed E-state index contributed by atoms with van der Waals surface area (Å²) in [6, 6.07) is -0.187. The molecule has 1 aliphatic carbocycles. The molecule has 3 unspecified atom stereocenters. The van der Waals surface area contributed by atoms with E-state index in [0.29, 0.717) is 5.92 Å². The maximum atomic E-state index is 11.5. The molecule has 0 aromatic rings. The molecule has 0 heterocycles. The molecule has 2 N–H and O–H groups in total. The van der Waals surface area contributed by atoms with E-state index < -0.39 is 5.60 Å². The first-order valence-electron chi connectivity index (χ1n) is 4.85. The number of rotatable bonds is 3. The molecule has 1 rings (SSSR count). The summed E-state index contributed by atoms with van der Waals surface area (Å²) >= 11 is 0. The largest absolute Gasteiger partial charge is 0.388 e. The third kappa shape index (κ3) is 2.69. The highest BCUT2D eigenvalue weighted by molar-refractivity contribution is 5.81. The molecule has 0 radical (unpaired) electrons. The number of nitrogens with one attached hydrogen (secondary N) is 1. The summed E-state index contributed by atoms with van der Waals surface area (Å²) < 4.78 is 0. The predicted molar refractivity (Wildman–Crippen MR) is 51.2 cm³/mol. The summed E-state index contributed by atoms with van der Waals surface area (Å²) in [6.07, 6.45) is 0.990. The monoisotopic (exact) mass is 185 g/mol. The van der Waals surface area contributed by atoms with E-state index in [1.165, 1.54) is 0 Å². The lowest BCUT2D eigenvalue weighted by Crippen LogP contribution is -2.47. The SMILES string of the molecule is CC1CC1C(=O)NC(C)C(C)(C)O. The van der Waals surface area contributed by atoms with Gasteiger partial charge in [-0.1, -0.05) is 6.92 Å². The molecule has 1 saturated carbocycles. The minimum absolute atomic E-state index is 0.0853. The van der Waals surface area contributed by atoms with Gasteiger partial charge in [0.15, 0.2) is 0 Å². The van der Waals surface area contributed by atoms with Crippen molar-refractivity contribution in [2.24, 2.45) is 11.8 Å². The number of amides is 1. The lowest BCUT2D eigenvalue weighted by atomic mass is 10.0.